The Morgan fingerprint density at radius 3 is 1.84 bits per heavy atom. The van der Waals surface area contributed by atoms with Gasteiger partial charge in [-0.05, 0) is 53.7 Å². The van der Waals surface area contributed by atoms with Crippen LogP contribution >= 0.6 is 35.1 Å². The molecule has 0 bridgehead atoms. The predicted molar refractivity (Wildman–Crippen MR) is 143 cm³/mol. The standard InChI is InChI=1S/C26H24OP2.2ClH.Ti/c1-20-11-10-12-21(26(20)28-25-18-9-8-17-24(25)27)19-29(22-13-4-2-5-14-22)23-15-6-3-7-16-23;;;/h2-18,27-28H,19H2,1H3;2*1H;/q;;;+2/p-1. The van der Waals surface area contributed by atoms with Crippen LogP contribution in [0.15, 0.2) is 103 Å². The summed E-state index contributed by atoms with van der Waals surface area (Å²) in [6, 6.07) is 36.1. The monoisotopic (exact) mass is 533 g/mol. The van der Waals surface area contributed by atoms with Crippen molar-refractivity contribution in [3.05, 3.63) is 114 Å². The Hall–Kier alpha value is -1.17. The van der Waals surface area contributed by atoms with Crippen molar-refractivity contribution in [2.24, 2.45) is 0 Å². The second-order valence-corrected chi connectivity index (χ2v) is 13.5. The van der Waals surface area contributed by atoms with E-state index in [1.165, 1.54) is 27.0 Å². The molecule has 4 rings (SSSR count). The summed E-state index contributed by atoms with van der Waals surface area (Å²) < 4.78 is 0. The van der Waals surface area contributed by atoms with E-state index < -0.39 is 25.0 Å². The molecule has 32 heavy (non-hydrogen) atoms. The van der Waals surface area contributed by atoms with E-state index in [9.17, 15) is 5.11 Å². The minimum absolute atomic E-state index is 0.386. The Morgan fingerprint density at radius 2 is 1.28 bits per heavy atom. The van der Waals surface area contributed by atoms with Gasteiger partial charge in [-0.15, -0.1) is 0 Å². The average Bonchev–Trinajstić information content (AvgIpc) is 2.82. The number of aryl methyl sites for hydroxylation is 1. The molecule has 0 aliphatic heterocycles. The normalized spacial score (nSPS) is 10.8. The second kappa shape index (κ2) is 13.5. The van der Waals surface area contributed by atoms with E-state index in [1.807, 2.05) is 18.2 Å². The quantitative estimate of drug-likeness (QED) is 0.235. The van der Waals surface area contributed by atoms with E-state index in [-0.39, 0.29) is 0 Å². The Kier molecular flexibility index (Phi) is 10.8. The Labute approximate surface area is 210 Å². The molecule has 6 heteroatoms. The molecule has 0 fully saturated rings. The van der Waals surface area contributed by atoms with Gasteiger partial charge < -0.3 is 5.11 Å². The van der Waals surface area contributed by atoms with Crippen LogP contribution in [0.25, 0.3) is 0 Å². The van der Waals surface area contributed by atoms with Crippen LogP contribution in [0.2, 0.25) is 0 Å². The van der Waals surface area contributed by atoms with Crippen LogP contribution in [-0.2, 0) is 23.2 Å². The molecule has 4 aromatic rings. The van der Waals surface area contributed by atoms with Gasteiger partial charge in [-0.25, -0.2) is 0 Å². The van der Waals surface area contributed by atoms with Crippen molar-refractivity contribution in [2.75, 3.05) is 0 Å². The summed E-state index contributed by atoms with van der Waals surface area (Å²) in [6.07, 6.45) is 1.04. The predicted octanol–water partition coefficient (Wildman–Crippen LogP) is 6.07. The van der Waals surface area contributed by atoms with Crippen molar-refractivity contribution < 1.29 is 22.1 Å². The maximum absolute atomic E-state index is 10.3. The zero-order chi connectivity index (χ0) is 22.8. The van der Waals surface area contributed by atoms with Gasteiger partial charge in [-0.1, -0.05) is 81.4 Å². The minimum atomic E-state index is -0.950. The molecular formula is C26H25Cl2OP2Ti+. The zero-order valence-electron chi connectivity index (χ0n) is 17.7. The van der Waals surface area contributed by atoms with Crippen LogP contribution < -0.4 is 21.2 Å². The summed E-state index contributed by atoms with van der Waals surface area (Å²) in [6.45, 7) is 2.18. The molecule has 0 aliphatic carbocycles. The van der Waals surface area contributed by atoms with E-state index in [1.54, 1.807) is 6.07 Å². The first-order valence-corrected chi connectivity index (χ1v) is 17.2. The zero-order valence-corrected chi connectivity index (χ0v) is 22.8. The summed E-state index contributed by atoms with van der Waals surface area (Å²) in [5.74, 6) is 0.386. The number of hydrogen-bond acceptors (Lipinski definition) is 1. The van der Waals surface area contributed by atoms with Crippen molar-refractivity contribution in [2.45, 2.75) is 13.1 Å². The molecule has 1 atom stereocenters. The molecule has 0 aliphatic rings. The van der Waals surface area contributed by atoms with Gasteiger partial charge in [0.05, 0.1) is 24.7 Å². The van der Waals surface area contributed by atoms with E-state index in [4.69, 9.17) is 18.6 Å². The molecular weight excluding hydrogens is 509 g/mol. The fourth-order valence-corrected chi connectivity index (χ4v) is 7.67. The molecule has 1 nitrogen and oxygen atoms in total. The molecule has 0 heterocycles. The van der Waals surface area contributed by atoms with E-state index in [2.05, 4.69) is 85.8 Å². The van der Waals surface area contributed by atoms with Crippen molar-refractivity contribution in [1.29, 1.82) is 0 Å². The number of aromatic hydroxyl groups is 1. The van der Waals surface area contributed by atoms with Gasteiger partial charge in [0.2, 0.25) is 0 Å². The third-order valence-electron chi connectivity index (χ3n) is 5.13. The molecule has 0 saturated heterocycles. The maximum atomic E-state index is 10.3. The third-order valence-corrected chi connectivity index (χ3v) is 9.59. The molecule has 0 spiro atoms. The van der Waals surface area contributed by atoms with Crippen molar-refractivity contribution in [3.8, 4) is 5.75 Å². The summed E-state index contributed by atoms with van der Waals surface area (Å²) in [5.41, 5.74) is 2.69. The summed E-state index contributed by atoms with van der Waals surface area (Å²) in [7, 11) is 9.28. The first-order chi connectivity index (χ1) is 15.6. The number of para-hydroxylation sites is 1. The van der Waals surface area contributed by atoms with Crippen LogP contribution in [0, 0.1) is 6.92 Å². The number of rotatable bonds is 6. The fraction of sp³-hybridized carbons (Fsp3) is 0.0769. The topological polar surface area (TPSA) is 20.2 Å². The van der Waals surface area contributed by atoms with Gasteiger partial charge in [0.1, 0.15) is 5.75 Å². The Bertz CT molecular complexity index is 1070. The molecule has 1 N–H and O–H groups in total. The van der Waals surface area contributed by atoms with Crippen LogP contribution in [-0.4, -0.2) is 5.11 Å². The first-order valence-electron chi connectivity index (χ1n) is 10.2. The first kappa shape index (κ1) is 25.5. The molecule has 0 radical (unpaired) electrons. The number of phenols is 1. The average molecular weight is 534 g/mol. The Balaban J connectivity index is 0.000000913. The van der Waals surface area contributed by atoms with Gasteiger partial charge in [-0.3, -0.25) is 0 Å². The van der Waals surface area contributed by atoms with E-state index in [0.717, 1.165) is 11.5 Å². The van der Waals surface area contributed by atoms with Gasteiger partial charge >= 0.3 is 35.6 Å². The number of phenolic OH excluding ortho intramolecular Hbond substituents is 1. The van der Waals surface area contributed by atoms with E-state index in [0.29, 0.717) is 14.3 Å². The molecule has 4 aromatic carbocycles. The van der Waals surface area contributed by atoms with Crippen LogP contribution in [0.1, 0.15) is 11.1 Å². The molecule has 0 aromatic heterocycles. The SMILES string of the molecule is Cc1cccc(C[PH+](c2ccccc2)c2ccccc2)c1Pc1ccccc1O.[Cl][Ti][Cl]. The van der Waals surface area contributed by atoms with Gasteiger partial charge in [0.15, 0.2) is 0 Å². The molecule has 1 unspecified atom stereocenters. The fourth-order valence-electron chi connectivity index (χ4n) is 3.61. The summed E-state index contributed by atoms with van der Waals surface area (Å²) in [5, 5.41) is 15.5. The summed E-state index contributed by atoms with van der Waals surface area (Å²) in [4.78, 5) is 0. The van der Waals surface area contributed by atoms with Crippen molar-refractivity contribution in [3.63, 3.8) is 0 Å². The number of hydrogen-bond donors (Lipinski definition) is 1. The van der Waals surface area contributed by atoms with Crippen LogP contribution in [0.4, 0.5) is 0 Å². The van der Waals surface area contributed by atoms with Crippen molar-refractivity contribution in [1.82, 2.24) is 0 Å². The number of benzene rings is 4. The Morgan fingerprint density at radius 1 is 0.750 bits per heavy atom. The van der Waals surface area contributed by atoms with E-state index >= 15 is 0 Å². The molecule has 162 valence electrons. The molecule has 0 saturated carbocycles. The summed E-state index contributed by atoms with van der Waals surface area (Å²) >= 11 is -0.556. The van der Waals surface area contributed by atoms with Crippen molar-refractivity contribution >= 4 is 56.3 Å². The third kappa shape index (κ3) is 7.17. The van der Waals surface area contributed by atoms with Gasteiger partial charge in [0, 0.05) is 5.30 Å². The number of halogens is 2. The second-order valence-electron chi connectivity index (χ2n) is 7.21. The molecule has 0 amide bonds. The van der Waals surface area contributed by atoms with Crippen LogP contribution in [0.3, 0.4) is 0 Å². The van der Waals surface area contributed by atoms with Gasteiger partial charge in [0.25, 0.3) is 0 Å². The van der Waals surface area contributed by atoms with Crippen LogP contribution in [0.5, 0.6) is 5.75 Å². The van der Waals surface area contributed by atoms with Gasteiger partial charge in [-0.2, -0.15) is 0 Å².